The fourth-order valence-corrected chi connectivity index (χ4v) is 4.05. The number of methoxy groups -OCH3 is 1. The number of aryl methyl sites for hydroxylation is 1. The number of pyridine rings is 1. The van der Waals surface area contributed by atoms with Gasteiger partial charge in [-0.25, -0.2) is 0 Å². The Morgan fingerprint density at radius 1 is 1.30 bits per heavy atom. The van der Waals surface area contributed by atoms with Crippen LogP contribution in [0.25, 0.3) is 10.9 Å². The van der Waals surface area contributed by atoms with Crippen LogP contribution in [0.2, 0.25) is 0 Å². The summed E-state index contributed by atoms with van der Waals surface area (Å²) in [7, 11) is 1.62. The van der Waals surface area contributed by atoms with Crippen molar-refractivity contribution in [2.24, 2.45) is 0 Å². The van der Waals surface area contributed by atoms with Crippen LogP contribution in [0.3, 0.4) is 0 Å². The second kappa shape index (κ2) is 8.14. The fraction of sp³-hybridized carbons (Fsp3) is 0.364. The molecule has 2 N–H and O–H groups in total. The number of nitrogens with zero attached hydrogens (tertiary/aromatic N) is 3. The molecule has 8 heteroatoms. The van der Waals surface area contributed by atoms with Gasteiger partial charge < -0.3 is 15.0 Å². The minimum Gasteiger partial charge on any atom is -0.497 e. The summed E-state index contributed by atoms with van der Waals surface area (Å²) in [4.78, 5) is 31.3. The topological polar surface area (TPSA) is 100 Å². The fourth-order valence-electron chi connectivity index (χ4n) is 4.05. The molecule has 0 bridgehead atoms. The van der Waals surface area contributed by atoms with E-state index in [4.69, 9.17) is 4.74 Å². The van der Waals surface area contributed by atoms with Crippen molar-refractivity contribution in [3.8, 4) is 5.75 Å². The van der Waals surface area contributed by atoms with E-state index in [0.717, 1.165) is 35.2 Å². The van der Waals surface area contributed by atoms with Crippen molar-refractivity contribution in [2.45, 2.75) is 32.6 Å². The van der Waals surface area contributed by atoms with Crippen molar-refractivity contribution < 1.29 is 14.3 Å². The molecule has 8 nitrogen and oxygen atoms in total. The molecule has 3 aromatic rings. The normalized spacial score (nSPS) is 16.5. The number of aromatic nitrogens is 3. The lowest BCUT2D eigenvalue weighted by Crippen LogP contribution is -2.39. The van der Waals surface area contributed by atoms with Crippen LogP contribution in [0.5, 0.6) is 5.75 Å². The van der Waals surface area contributed by atoms with Gasteiger partial charge in [0, 0.05) is 37.4 Å². The summed E-state index contributed by atoms with van der Waals surface area (Å²) < 4.78 is 5.27. The maximum absolute atomic E-state index is 13.3. The van der Waals surface area contributed by atoms with Crippen molar-refractivity contribution in [2.75, 3.05) is 25.5 Å². The highest BCUT2D eigenvalue weighted by Gasteiger charge is 2.29. The molecule has 2 aromatic heterocycles. The molecular formula is C22H25N5O3. The third-order valence-electron chi connectivity index (χ3n) is 5.54. The largest absolute Gasteiger partial charge is 0.497 e. The Hall–Kier alpha value is -3.42. The number of ether oxygens (including phenoxy) is 1. The van der Waals surface area contributed by atoms with Gasteiger partial charge in [-0.3, -0.25) is 19.7 Å². The molecular weight excluding hydrogens is 382 g/mol. The molecule has 1 atom stereocenters. The second-order valence-corrected chi connectivity index (χ2v) is 7.65. The SMILES string of the molecule is COc1ccc2cc(C(=O)N3CCC[C@H](c4[nH]ncc4NC(C)=O)C3)c(C)nc2c1. The van der Waals surface area contributed by atoms with Crippen LogP contribution in [0.1, 0.15) is 47.4 Å². The summed E-state index contributed by atoms with van der Waals surface area (Å²) in [5.74, 6) is 0.658. The first-order chi connectivity index (χ1) is 14.5. The van der Waals surface area contributed by atoms with Crippen molar-refractivity contribution in [1.29, 1.82) is 0 Å². The van der Waals surface area contributed by atoms with Crippen molar-refractivity contribution in [3.63, 3.8) is 0 Å². The van der Waals surface area contributed by atoms with Crippen LogP contribution in [0, 0.1) is 6.92 Å². The lowest BCUT2D eigenvalue weighted by Gasteiger charge is -2.33. The number of carbonyl (C=O) groups is 2. The van der Waals surface area contributed by atoms with Gasteiger partial charge in [0.15, 0.2) is 0 Å². The number of nitrogens with one attached hydrogen (secondary N) is 2. The molecule has 0 radical (unpaired) electrons. The van der Waals surface area contributed by atoms with Crippen molar-refractivity contribution >= 4 is 28.4 Å². The van der Waals surface area contributed by atoms with E-state index in [-0.39, 0.29) is 17.7 Å². The van der Waals surface area contributed by atoms with Gasteiger partial charge in [0.25, 0.3) is 5.91 Å². The third kappa shape index (κ3) is 3.85. The first kappa shape index (κ1) is 19.9. The summed E-state index contributed by atoms with van der Waals surface area (Å²) in [6.07, 6.45) is 3.42. The van der Waals surface area contributed by atoms with Crippen LogP contribution in [-0.2, 0) is 4.79 Å². The Balaban J connectivity index is 1.58. The molecule has 1 aliphatic rings. The molecule has 30 heavy (non-hydrogen) atoms. The van der Waals surface area contributed by atoms with Crippen molar-refractivity contribution in [3.05, 3.63) is 47.4 Å². The molecule has 0 spiro atoms. The Morgan fingerprint density at radius 2 is 2.13 bits per heavy atom. The minimum absolute atomic E-state index is 0.0250. The van der Waals surface area contributed by atoms with Gasteiger partial charge in [0.1, 0.15) is 5.75 Å². The third-order valence-corrected chi connectivity index (χ3v) is 5.54. The number of aromatic amines is 1. The van der Waals surface area contributed by atoms with Crippen LogP contribution < -0.4 is 10.1 Å². The molecule has 1 aliphatic heterocycles. The summed E-state index contributed by atoms with van der Waals surface area (Å²) in [6.45, 7) is 4.59. The zero-order valence-electron chi connectivity index (χ0n) is 17.4. The standard InChI is InChI=1S/C22H25N5O3/c1-13-18(9-15-6-7-17(30-3)10-19(15)24-13)22(29)27-8-4-5-16(12-27)21-20(11-23-26-21)25-14(2)28/h6-7,9-11,16H,4-5,8,12H2,1-3H3,(H,23,26)(H,25,28)/t16-/m0/s1. The lowest BCUT2D eigenvalue weighted by molar-refractivity contribution is -0.114. The Bertz CT molecular complexity index is 1110. The van der Waals surface area contributed by atoms with E-state index in [9.17, 15) is 9.59 Å². The van der Waals surface area contributed by atoms with E-state index in [2.05, 4.69) is 20.5 Å². The Morgan fingerprint density at radius 3 is 2.90 bits per heavy atom. The zero-order valence-corrected chi connectivity index (χ0v) is 17.4. The van der Waals surface area contributed by atoms with Gasteiger partial charge >= 0.3 is 0 Å². The number of benzene rings is 1. The number of anilines is 1. The van der Waals surface area contributed by atoms with E-state index in [0.29, 0.717) is 30.0 Å². The maximum Gasteiger partial charge on any atom is 0.255 e. The predicted molar refractivity (Wildman–Crippen MR) is 114 cm³/mol. The Kier molecular flexibility index (Phi) is 5.39. The quantitative estimate of drug-likeness (QED) is 0.691. The number of carbonyl (C=O) groups excluding carboxylic acids is 2. The molecule has 0 saturated carbocycles. The molecule has 0 unspecified atom stereocenters. The van der Waals surface area contributed by atoms with Gasteiger partial charge in [0.2, 0.25) is 5.91 Å². The lowest BCUT2D eigenvalue weighted by atomic mass is 9.93. The van der Waals surface area contributed by atoms with Crippen LogP contribution in [0.4, 0.5) is 5.69 Å². The summed E-state index contributed by atoms with van der Waals surface area (Å²) in [6, 6.07) is 7.56. The number of likely N-dealkylation sites (tertiary alicyclic amines) is 1. The van der Waals surface area contributed by atoms with E-state index >= 15 is 0 Å². The highest BCUT2D eigenvalue weighted by Crippen LogP contribution is 2.31. The summed E-state index contributed by atoms with van der Waals surface area (Å²) in [5, 5.41) is 10.8. The highest BCUT2D eigenvalue weighted by atomic mass is 16.5. The average Bonchev–Trinajstić information content (AvgIpc) is 3.19. The first-order valence-electron chi connectivity index (χ1n) is 10.0. The smallest absolute Gasteiger partial charge is 0.255 e. The number of amides is 2. The van der Waals surface area contributed by atoms with E-state index < -0.39 is 0 Å². The minimum atomic E-state index is -0.143. The van der Waals surface area contributed by atoms with E-state index in [1.807, 2.05) is 36.1 Å². The monoisotopic (exact) mass is 407 g/mol. The van der Waals surface area contributed by atoms with Gasteiger partial charge in [0.05, 0.1) is 41.5 Å². The van der Waals surface area contributed by atoms with Crippen LogP contribution in [-0.4, -0.2) is 52.1 Å². The predicted octanol–water partition coefficient (Wildman–Crippen LogP) is 3.25. The van der Waals surface area contributed by atoms with Crippen molar-refractivity contribution in [1.82, 2.24) is 20.1 Å². The summed E-state index contributed by atoms with van der Waals surface area (Å²) in [5.41, 5.74) is 3.66. The average molecular weight is 407 g/mol. The Labute approximate surface area is 174 Å². The molecule has 0 aliphatic carbocycles. The molecule has 1 fully saturated rings. The molecule has 1 saturated heterocycles. The van der Waals surface area contributed by atoms with E-state index in [1.54, 1.807) is 13.3 Å². The van der Waals surface area contributed by atoms with Gasteiger partial charge in [-0.15, -0.1) is 0 Å². The number of fused-ring (bicyclic) bond motifs is 1. The number of hydrogen-bond acceptors (Lipinski definition) is 5. The van der Waals surface area contributed by atoms with Gasteiger partial charge in [-0.1, -0.05) is 0 Å². The van der Waals surface area contributed by atoms with Crippen LogP contribution in [0.15, 0.2) is 30.5 Å². The molecule has 4 rings (SSSR count). The highest BCUT2D eigenvalue weighted by molar-refractivity contribution is 5.99. The molecule has 2 amide bonds. The maximum atomic E-state index is 13.3. The van der Waals surface area contributed by atoms with Gasteiger partial charge in [-0.05, 0) is 38.0 Å². The summed E-state index contributed by atoms with van der Waals surface area (Å²) >= 11 is 0. The number of piperidine rings is 1. The van der Waals surface area contributed by atoms with E-state index in [1.165, 1.54) is 6.92 Å². The second-order valence-electron chi connectivity index (χ2n) is 7.65. The first-order valence-corrected chi connectivity index (χ1v) is 10.0. The molecule has 156 valence electrons. The van der Waals surface area contributed by atoms with Gasteiger partial charge in [-0.2, -0.15) is 5.10 Å². The molecule has 3 heterocycles. The number of hydrogen-bond donors (Lipinski definition) is 2. The zero-order chi connectivity index (χ0) is 21.3. The van der Waals surface area contributed by atoms with Crippen LogP contribution >= 0.6 is 0 Å². The number of rotatable bonds is 4. The number of H-pyrrole nitrogens is 1. The molecule has 1 aromatic carbocycles.